The third-order valence-electron chi connectivity index (χ3n) is 4.06. The van der Waals surface area contributed by atoms with Crippen LogP contribution in [0, 0.1) is 6.92 Å². The number of nitrogens with one attached hydrogen (secondary N) is 1. The van der Waals surface area contributed by atoms with Gasteiger partial charge in [0.25, 0.3) is 5.91 Å². The van der Waals surface area contributed by atoms with Crippen molar-refractivity contribution in [2.45, 2.75) is 46.3 Å². The summed E-state index contributed by atoms with van der Waals surface area (Å²) in [5.41, 5.74) is 3.29. The highest BCUT2D eigenvalue weighted by molar-refractivity contribution is 6.31. The molecular weight excluding hydrogens is 322 g/mol. The van der Waals surface area contributed by atoms with Crippen molar-refractivity contribution in [2.75, 3.05) is 0 Å². The lowest BCUT2D eigenvalue weighted by Crippen LogP contribution is -2.37. The van der Waals surface area contributed by atoms with E-state index in [4.69, 9.17) is 16.3 Å². The second-order valence-corrected chi connectivity index (χ2v) is 6.40. The van der Waals surface area contributed by atoms with Crippen molar-refractivity contribution in [3.8, 4) is 5.75 Å². The molecule has 0 heterocycles. The molecule has 2 rings (SSSR count). The molecule has 3 nitrogen and oxygen atoms in total. The largest absolute Gasteiger partial charge is 0.481 e. The molecule has 0 fully saturated rings. The van der Waals surface area contributed by atoms with Crippen LogP contribution >= 0.6 is 11.6 Å². The molecule has 2 atom stereocenters. The lowest BCUT2D eigenvalue weighted by Gasteiger charge is -2.19. The average molecular weight is 346 g/mol. The van der Waals surface area contributed by atoms with E-state index in [1.165, 1.54) is 5.56 Å². The quantitative estimate of drug-likeness (QED) is 0.812. The van der Waals surface area contributed by atoms with Gasteiger partial charge in [-0.25, -0.2) is 0 Å². The van der Waals surface area contributed by atoms with E-state index in [1.54, 1.807) is 19.1 Å². The summed E-state index contributed by atoms with van der Waals surface area (Å²) >= 11 is 6.00. The predicted octanol–water partition coefficient (Wildman–Crippen LogP) is 4.86. The van der Waals surface area contributed by atoms with Gasteiger partial charge in [0, 0.05) is 5.02 Å². The van der Waals surface area contributed by atoms with Gasteiger partial charge in [0.1, 0.15) is 5.75 Å². The number of carbonyl (C=O) groups is 1. The van der Waals surface area contributed by atoms with E-state index in [2.05, 4.69) is 36.5 Å². The van der Waals surface area contributed by atoms with Crippen LogP contribution in [-0.2, 0) is 11.2 Å². The Morgan fingerprint density at radius 1 is 1.17 bits per heavy atom. The van der Waals surface area contributed by atoms with Crippen LogP contribution in [0.5, 0.6) is 5.75 Å². The molecular formula is C20H24ClNO2. The first kappa shape index (κ1) is 18.3. The summed E-state index contributed by atoms with van der Waals surface area (Å²) in [5, 5.41) is 3.67. The minimum atomic E-state index is -0.581. The molecule has 0 spiro atoms. The number of rotatable bonds is 6. The fraction of sp³-hybridized carbons (Fsp3) is 0.350. The van der Waals surface area contributed by atoms with Gasteiger partial charge in [0.15, 0.2) is 6.10 Å². The molecule has 2 aromatic carbocycles. The molecule has 128 valence electrons. The number of halogens is 1. The molecule has 0 radical (unpaired) electrons. The average Bonchev–Trinajstić information content (AvgIpc) is 2.58. The maximum Gasteiger partial charge on any atom is 0.261 e. The van der Waals surface area contributed by atoms with Crippen LogP contribution in [-0.4, -0.2) is 12.0 Å². The summed E-state index contributed by atoms with van der Waals surface area (Å²) in [5.74, 6) is 0.495. The van der Waals surface area contributed by atoms with E-state index in [9.17, 15) is 4.79 Å². The molecule has 2 aromatic rings. The zero-order chi connectivity index (χ0) is 17.7. The van der Waals surface area contributed by atoms with Gasteiger partial charge in [-0.15, -0.1) is 0 Å². The minimum Gasteiger partial charge on any atom is -0.481 e. The maximum atomic E-state index is 12.3. The smallest absolute Gasteiger partial charge is 0.261 e. The molecule has 1 amide bonds. The van der Waals surface area contributed by atoms with Gasteiger partial charge in [-0.3, -0.25) is 4.79 Å². The Balaban J connectivity index is 1.95. The van der Waals surface area contributed by atoms with Gasteiger partial charge in [-0.1, -0.05) is 42.8 Å². The predicted molar refractivity (Wildman–Crippen MR) is 98.7 cm³/mol. The van der Waals surface area contributed by atoms with Gasteiger partial charge < -0.3 is 10.1 Å². The van der Waals surface area contributed by atoms with Crippen molar-refractivity contribution in [2.24, 2.45) is 0 Å². The summed E-state index contributed by atoms with van der Waals surface area (Å²) in [4.78, 5) is 12.3. The number of hydrogen-bond acceptors (Lipinski definition) is 2. The van der Waals surface area contributed by atoms with Crippen LogP contribution in [0.15, 0.2) is 42.5 Å². The van der Waals surface area contributed by atoms with Crippen LogP contribution in [0.3, 0.4) is 0 Å². The molecule has 0 saturated carbocycles. The van der Waals surface area contributed by atoms with Crippen molar-refractivity contribution in [3.05, 3.63) is 64.2 Å². The van der Waals surface area contributed by atoms with Gasteiger partial charge in [-0.05, 0) is 62.1 Å². The summed E-state index contributed by atoms with van der Waals surface area (Å²) in [6.45, 7) is 7.74. The lowest BCUT2D eigenvalue weighted by atomic mass is 10.0. The highest BCUT2D eigenvalue weighted by Crippen LogP contribution is 2.22. The fourth-order valence-corrected chi connectivity index (χ4v) is 2.52. The van der Waals surface area contributed by atoms with Crippen molar-refractivity contribution in [3.63, 3.8) is 0 Å². The Labute approximate surface area is 149 Å². The van der Waals surface area contributed by atoms with E-state index < -0.39 is 6.10 Å². The fourth-order valence-electron chi connectivity index (χ4n) is 2.40. The zero-order valence-corrected chi connectivity index (χ0v) is 15.4. The van der Waals surface area contributed by atoms with Crippen LogP contribution in [0.2, 0.25) is 5.02 Å². The maximum absolute atomic E-state index is 12.3. The number of aryl methyl sites for hydroxylation is 2. The van der Waals surface area contributed by atoms with Crippen LogP contribution in [0.25, 0.3) is 0 Å². The van der Waals surface area contributed by atoms with E-state index >= 15 is 0 Å². The summed E-state index contributed by atoms with van der Waals surface area (Å²) in [6.07, 6.45) is 0.426. The first-order valence-corrected chi connectivity index (χ1v) is 8.60. The van der Waals surface area contributed by atoms with Gasteiger partial charge >= 0.3 is 0 Å². The third kappa shape index (κ3) is 4.75. The van der Waals surface area contributed by atoms with Crippen molar-refractivity contribution < 1.29 is 9.53 Å². The van der Waals surface area contributed by atoms with E-state index in [-0.39, 0.29) is 11.9 Å². The first-order chi connectivity index (χ1) is 11.4. The normalized spacial score (nSPS) is 13.2. The molecule has 24 heavy (non-hydrogen) atoms. The van der Waals surface area contributed by atoms with Crippen molar-refractivity contribution >= 4 is 17.5 Å². The Morgan fingerprint density at radius 2 is 1.83 bits per heavy atom. The number of hydrogen-bond donors (Lipinski definition) is 1. The number of amides is 1. The molecule has 4 heteroatoms. The zero-order valence-electron chi connectivity index (χ0n) is 14.6. The first-order valence-electron chi connectivity index (χ1n) is 8.22. The Bertz CT molecular complexity index is 697. The topological polar surface area (TPSA) is 38.3 Å². The third-order valence-corrected chi connectivity index (χ3v) is 4.48. The summed E-state index contributed by atoms with van der Waals surface area (Å²) in [7, 11) is 0. The molecule has 0 aliphatic heterocycles. The lowest BCUT2D eigenvalue weighted by molar-refractivity contribution is -0.127. The van der Waals surface area contributed by atoms with E-state index in [0.717, 1.165) is 17.5 Å². The van der Waals surface area contributed by atoms with E-state index in [0.29, 0.717) is 10.8 Å². The minimum absolute atomic E-state index is 0.0681. The van der Waals surface area contributed by atoms with Gasteiger partial charge in [-0.2, -0.15) is 0 Å². The SMILES string of the molecule is CCc1ccc([C@@H](C)NC(=O)[C@H](C)Oc2ccc(Cl)c(C)c2)cc1. The summed E-state index contributed by atoms with van der Waals surface area (Å²) in [6, 6.07) is 13.6. The highest BCUT2D eigenvalue weighted by Gasteiger charge is 2.18. The Hall–Kier alpha value is -2.00. The molecule has 0 bridgehead atoms. The van der Waals surface area contributed by atoms with Crippen molar-refractivity contribution in [1.82, 2.24) is 5.32 Å². The number of ether oxygens (including phenoxy) is 1. The Morgan fingerprint density at radius 3 is 2.42 bits per heavy atom. The molecule has 0 unspecified atom stereocenters. The van der Waals surface area contributed by atoms with Gasteiger partial charge in [0.05, 0.1) is 6.04 Å². The van der Waals surface area contributed by atoms with Gasteiger partial charge in [0.2, 0.25) is 0 Å². The molecule has 0 aliphatic carbocycles. The van der Waals surface area contributed by atoms with Crippen molar-refractivity contribution in [1.29, 1.82) is 0 Å². The summed E-state index contributed by atoms with van der Waals surface area (Å²) < 4.78 is 5.71. The standard InChI is InChI=1S/C20H24ClNO2/c1-5-16-6-8-17(9-7-16)14(3)22-20(23)15(4)24-18-10-11-19(21)13(2)12-18/h6-12,14-15H,5H2,1-4H3,(H,22,23)/t14-,15+/m1/s1. The molecule has 0 saturated heterocycles. The van der Waals surface area contributed by atoms with Crippen LogP contribution < -0.4 is 10.1 Å². The molecule has 0 aromatic heterocycles. The number of benzene rings is 2. The molecule has 1 N–H and O–H groups in total. The second kappa shape index (κ2) is 8.20. The van der Waals surface area contributed by atoms with E-state index in [1.807, 2.05) is 19.9 Å². The highest BCUT2D eigenvalue weighted by atomic mass is 35.5. The monoisotopic (exact) mass is 345 g/mol. The number of carbonyl (C=O) groups excluding carboxylic acids is 1. The van der Waals surface area contributed by atoms with Crippen LogP contribution in [0.4, 0.5) is 0 Å². The second-order valence-electron chi connectivity index (χ2n) is 6.00. The molecule has 0 aliphatic rings. The van der Waals surface area contributed by atoms with Crippen LogP contribution in [0.1, 0.15) is 43.5 Å². The Kier molecular flexibility index (Phi) is 6.27.